The third-order valence-electron chi connectivity index (χ3n) is 3.33. The number of benzene rings is 1. The van der Waals surface area contributed by atoms with E-state index in [0.717, 1.165) is 6.42 Å². The average molecular weight is 214 g/mol. The Balaban J connectivity index is 2.52. The number of nitrogens with zero attached hydrogens (tertiary/aromatic N) is 1. The molecular formula is C14H18N2. The third-order valence-corrected chi connectivity index (χ3v) is 3.33. The Morgan fingerprint density at radius 1 is 1.31 bits per heavy atom. The lowest BCUT2D eigenvalue weighted by atomic mass is 9.90. The first kappa shape index (κ1) is 11.1. The summed E-state index contributed by atoms with van der Waals surface area (Å²) < 4.78 is 0. The summed E-state index contributed by atoms with van der Waals surface area (Å²) in [5.41, 5.74) is 7.53. The molecule has 0 aliphatic rings. The molecule has 2 rings (SSSR count). The van der Waals surface area contributed by atoms with Crippen LogP contribution in [0.3, 0.4) is 0 Å². The first-order valence-corrected chi connectivity index (χ1v) is 5.82. The SMILES string of the molecule is CCC(C)C(N)c1cccc2cnccc12. The molecule has 1 aromatic carbocycles. The van der Waals surface area contributed by atoms with Gasteiger partial charge in [0.1, 0.15) is 0 Å². The Morgan fingerprint density at radius 3 is 2.88 bits per heavy atom. The van der Waals surface area contributed by atoms with Gasteiger partial charge in [-0.25, -0.2) is 0 Å². The zero-order chi connectivity index (χ0) is 11.5. The van der Waals surface area contributed by atoms with E-state index in [4.69, 9.17) is 5.73 Å². The smallest absolute Gasteiger partial charge is 0.0346 e. The summed E-state index contributed by atoms with van der Waals surface area (Å²) in [7, 11) is 0. The summed E-state index contributed by atoms with van der Waals surface area (Å²) in [4.78, 5) is 4.14. The van der Waals surface area contributed by atoms with Gasteiger partial charge in [0.05, 0.1) is 0 Å². The maximum absolute atomic E-state index is 6.29. The van der Waals surface area contributed by atoms with Gasteiger partial charge in [0.2, 0.25) is 0 Å². The minimum absolute atomic E-state index is 0.107. The predicted octanol–water partition coefficient (Wildman–Crippen LogP) is 3.28. The summed E-state index contributed by atoms with van der Waals surface area (Å²) in [5, 5.41) is 2.39. The van der Waals surface area contributed by atoms with Gasteiger partial charge in [-0.3, -0.25) is 4.98 Å². The highest BCUT2D eigenvalue weighted by Crippen LogP contribution is 2.27. The molecule has 2 N–H and O–H groups in total. The monoisotopic (exact) mass is 214 g/mol. The number of hydrogen-bond acceptors (Lipinski definition) is 2. The van der Waals surface area contributed by atoms with Gasteiger partial charge in [-0.1, -0.05) is 38.5 Å². The van der Waals surface area contributed by atoms with Gasteiger partial charge in [-0.15, -0.1) is 0 Å². The van der Waals surface area contributed by atoms with E-state index in [0.29, 0.717) is 5.92 Å². The van der Waals surface area contributed by atoms with Crippen LogP contribution in [0.25, 0.3) is 10.8 Å². The summed E-state index contributed by atoms with van der Waals surface area (Å²) >= 11 is 0. The van der Waals surface area contributed by atoms with Gasteiger partial charge in [-0.2, -0.15) is 0 Å². The molecule has 1 aromatic heterocycles. The molecule has 1 heterocycles. The predicted molar refractivity (Wildman–Crippen MR) is 68.1 cm³/mol. The zero-order valence-electron chi connectivity index (χ0n) is 9.85. The van der Waals surface area contributed by atoms with E-state index in [1.54, 1.807) is 0 Å². The van der Waals surface area contributed by atoms with Crippen molar-refractivity contribution in [2.75, 3.05) is 0 Å². The molecule has 2 atom stereocenters. The maximum atomic E-state index is 6.29. The molecule has 2 nitrogen and oxygen atoms in total. The van der Waals surface area contributed by atoms with E-state index in [1.165, 1.54) is 16.3 Å². The van der Waals surface area contributed by atoms with E-state index in [9.17, 15) is 0 Å². The zero-order valence-corrected chi connectivity index (χ0v) is 9.85. The van der Waals surface area contributed by atoms with Crippen LogP contribution in [0, 0.1) is 5.92 Å². The van der Waals surface area contributed by atoms with Crippen LogP contribution in [0.1, 0.15) is 31.9 Å². The molecule has 16 heavy (non-hydrogen) atoms. The molecule has 0 saturated carbocycles. The van der Waals surface area contributed by atoms with Gasteiger partial charge in [0, 0.05) is 23.8 Å². The van der Waals surface area contributed by atoms with Crippen LogP contribution >= 0.6 is 0 Å². The number of nitrogens with two attached hydrogens (primary N) is 1. The van der Waals surface area contributed by atoms with Gasteiger partial charge in [0.15, 0.2) is 0 Å². The van der Waals surface area contributed by atoms with E-state index < -0.39 is 0 Å². The quantitative estimate of drug-likeness (QED) is 0.851. The molecule has 0 amide bonds. The summed E-state index contributed by atoms with van der Waals surface area (Å²) in [6.07, 6.45) is 4.82. The van der Waals surface area contributed by atoms with Gasteiger partial charge in [0.25, 0.3) is 0 Å². The number of aromatic nitrogens is 1. The summed E-state index contributed by atoms with van der Waals surface area (Å²) in [6, 6.07) is 8.42. The van der Waals surface area contributed by atoms with Gasteiger partial charge < -0.3 is 5.73 Å². The Labute approximate surface area is 96.5 Å². The fraction of sp³-hybridized carbons (Fsp3) is 0.357. The number of fused-ring (bicyclic) bond motifs is 1. The van der Waals surface area contributed by atoms with Crippen molar-refractivity contribution in [1.29, 1.82) is 0 Å². The lowest BCUT2D eigenvalue weighted by molar-refractivity contribution is 0.459. The minimum Gasteiger partial charge on any atom is -0.324 e. The molecule has 2 heteroatoms. The summed E-state index contributed by atoms with van der Waals surface area (Å²) in [5.74, 6) is 0.499. The fourth-order valence-corrected chi connectivity index (χ4v) is 2.00. The Morgan fingerprint density at radius 2 is 2.12 bits per heavy atom. The van der Waals surface area contributed by atoms with Crippen LogP contribution in [0.5, 0.6) is 0 Å². The van der Waals surface area contributed by atoms with Crippen molar-refractivity contribution in [3.8, 4) is 0 Å². The second-order valence-electron chi connectivity index (χ2n) is 4.36. The van der Waals surface area contributed by atoms with Gasteiger partial charge >= 0.3 is 0 Å². The molecule has 0 fully saturated rings. The molecule has 2 unspecified atom stereocenters. The average Bonchev–Trinajstić information content (AvgIpc) is 2.36. The van der Waals surface area contributed by atoms with Crippen LogP contribution in [0.2, 0.25) is 0 Å². The molecule has 0 aliphatic heterocycles. The van der Waals surface area contributed by atoms with Crippen molar-refractivity contribution in [3.63, 3.8) is 0 Å². The van der Waals surface area contributed by atoms with Crippen molar-refractivity contribution in [1.82, 2.24) is 4.98 Å². The van der Waals surface area contributed by atoms with Gasteiger partial charge in [-0.05, 0) is 22.9 Å². The van der Waals surface area contributed by atoms with Crippen LogP contribution in [-0.4, -0.2) is 4.98 Å². The van der Waals surface area contributed by atoms with Crippen molar-refractivity contribution in [3.05, 3.63) is 42.2 Å². The molecular weight excluding hydrogens is 196 g/mol. The highest BCUT2D eigenvalue weighted by Gasteiger charge is 2.15. The molecule has 0 saturated heterocycles. The van der Waals surface area contributed by atoms with Crippen molar-refractivity contribution >= 4 is 10.8 Å². The molecule has 2 aromatic rings. The van der Waals surface area contributed by atoms with Crippen molar-refractivity contribution < 1.29 is 0 Å². The summed E-state index contributed by atoms with van der Waals surface area (Å²) in [6.45, 7) is 4.38. The number of pyridine rings is 1. The lowest BCUT2D eigenvalue weighted by Gasteiger charge is -2.20. The Bertz CT molecular complexity index is 474. The van der Waals surface area contributed by atoms with Crippen LogP contribution in [0.4, 0.5) is 0 Å². The standard InChI is InChI=1S/C14H18N2/c1-3-10(2)14(15)13-6-4-5-11-9-16-8-7-12(11)13/h4-10,14H,3,15H2,1-2H3. The van der Waals surface area contributed by atoms with Crippen molar-refractivity contribution in [2.45, 2.75) is 26.3 Å². The molecule has 0 spiro atoms. The Kier molecular flexibility index (Phi) is 3.20. The normalized spacial score (nSPS) is 14.9. The molecule has 0 bridgehead atoms. The van der Waals surface area contributed by atoms with E-state index >= 15 is 0 Å². The van der Waals surface area contributed by atoms with Crippen LogP contribution in [-0.2, 0) is 0 Å². The first-order valence-electron chi connectivity index (χ1n) is 5.82. The highest BCUT2D eigenvalue weighted by molar-refractivity contribution is 5.85. The number of hydrogen-bond donors (Lipinski definition) is 1. The van der Waals surface area contributed by atoms with E-state index in [1.807, 2.05) is 18.5 Å². The fourth-order valence-electron chi connectivity index (χ4n) is 2.00. The topological polar surface area (TPSA) is 38.9 Å². The molecule has 0 radical (unpaired) electrons. The highest BCUT2D eigenvalue weighted by atomic mass is 14.7. The van der Waals surface area contributed by atoms with Crippen LogP contribution < -0.4 is 5.73 Å². The third kappa shape index (κ3) is 1.93. The van der Waals surface area contributed by atoms with E-state index in [2.05, 4.69) is 37.0 Å². The first-order chi connectivity index (χ1) is 7.74. The van der Waals surface area contributed by atoms with Crippen LogP contribution in [0.15, 0.2) is 36.7 Å². The molecule has 84 valence electrons. The second-order valence-corrected chi connectivity index (χ2v) is 4.36. The minimum atomic E-state index is 0.107. The Hall–Kier alpha value is -1.41. The molecule has 0 aliphatic carbocycles. The second kappa shape index (κ2) is 4.62. The lowest BCUT2D eigenvalue weighted by Crippen LogP contribution is -2.18. The maximum Gasteiger partial charge on any atom is 0.0346 e. The number of rotatable bonds is 3. The van der Waals surface area contributed by atoms with Crippen molar-refractivity contribution in [2.24, 2.45) is 11.7 Å². The van der Waals surface area contributed by atoms with E-state index in [-0.39, 0.29) is 6.04 Å². The largest absolute Gasteiger partial charge is 0.324 e.